The number of benzene rings is 1. The average Bonchev–Trinajstić information content (AvgIpc) is 3.40. The molecule has 7 nitrogen and oxygen atoms in total. The summed E-state index contributed by atoms with van der Waals surface area (Å²) in [5.41, 5.74) is 1.40. The Hall–Kier alpha value is -2.71. The lowest BCUT2D eigenvalue weighted by Gasteiger charge is -2.35. The van der Waals surface area contributed by atoms with Crippen molar-refractivity contribution >= 4 is 33.4 Å². The summed E-state index contributed by atoms with van der Waals surface area (Å²) in [5.74, 6) is -0.220. The number of hydrogen-bond acceptors (Lipinski definition) is 5. The minimum Gasteiger partial charge on any atom is -0.340 e. The predicted octanol–water partition coefficient (Wildman–Crippen LogP) is 2.62. The zero-order valence-corrected chi connectivity index (χ0v) is 18.4. The molecule has 2 aromatic heterocycles. The number of amides is 2. The molecule has 0 spiro atoms. The van der Waals surface area contributed by atoms with E-state index < -0.39 is 6.04 Å². The second-order valence-electron chi connectivity index (χ2n) is 8.09. The van der Waals surface area contributed by atoms with E-state index in [1.807, 2.05) is 60.0 Å². The van der Waals surface area contributed by atoms with E-state index in [9.17, 15) is 9.59 Å². The number of nitrogens with zero attached hydrogens (tertiary/aromatic N) is 4. The van der Waals surface area contributed by atoms with Crippen molar-refractivity contribution in [2.75, 3.05) is 33.2 Å². The van der Waals surface area contributed by atoms with Crippen molar-refractivity contribution in [3.63, 3.8) is 0 Å². The van der Waals surface area contributed by atoms with Gasteiger partial charge in [0.05, 0.1) is 10.2 Å². The quantitative estimate of drug-likeness (QED) is 0.682. The SMILES string of the molecule is CC(C)[C@@H](NC(=O)c1ccc2nc(-n3cccc3)sc2c1)C(=O)N1CCN(C)CC1. The van der Waals surface area contributed by atoms with Crippen LogP contribution in [0.5, 0.6) is 0 Å². The summed E-state index contributed by atoms with van der Waals surface area (Å²) in [5, 5.41) is 3.83. The van der Waals surface area contributed by atoms with E-state index in [2.05, 4.69) is 22.2 Å². The number of carbonyl (C=O) groups is 2. The second kappa shape index (κ2) is 8.57. The van der Waals surface area contributed by atoms with Gasteiger partial charge in [0.15, 0.2) is 5.13 Å². The molecule has 2 amide bonds. The maximum atomic E-state index is 13.0. The fourth-order valence-electron chi connectivity index (χ4n) is 3.59. The van der Waals surface area contributed by atoms with Crippen LogP contribution in [0.1, 0.15) is 24.2 Å². The zero-order valence-electron chi connectivity index (χ0n) is 17.5. The van der Waals surface area contributed by atoms with Gasteiger partial charge >= 0.3 is 0 Å². The second-order valence-corrected chi connectivity index (χ2v) is 9.10. The van der Waals surface area contributed by atoms with Gasteiger partial charge in [0.1, 0.15) is 6.04 Å². The van der Waals surface area contributed by atoms with Crippen molar-refractivity contribution < 1.29 is 9.59 Å². The van der Waals surface area contributed by atoms with Crippen LogP contribution in [0.25, 0.3) is 15.3 Å². The monoisotopic (exact) mass is 425 g/mol. The van der Waals surface area contributed by atoms with Gasteiger partial charge in [0.25, 0.3) is 5.91 Å². The highest BCUT2D eigenvalue weighted by Crippen LogP contribution is 2.26. The summed E-state index contributed by atoms with van der Waals surface area (Å²) in [6.07, 6.45) is 3.89. The molecule has 0 radical (unpaired) electrons. The molecular weight excluding hydrogens is 398 g/mol. The summed E-state index contributed by atoms with van der Waals surface area (Å²) in [6.45, 7) is 7.04. The Morgan fingerprint density at radius 3 is 2.47 bits per heavy atom. The van der Waals surface area contributed by atoms with E-state index in [1.54, 1.807) is 6.07 Å². The van der Waals surface area contributed by atoms with Crippen LogP contribution in [0.4, 0.5) is 0 Å². The Kier molecular flexibility index (Phi) is 5.87. The molecule has 0 unspecified atom stereocenters. The molecule has 3 aromatic rings. The van der Waals surface area contributed by atoms with E-state index in [0.717, 1.165) is 28.4 Å². The molecule has 3 heterocycles. The van der Waals surface area contributed by atoms with Gasteiger partial charge in [-0.1, -0.05) is 25.2 Å². The molecule has 1 aliphatic heterocycles. The number of hydrogen-bond donors (Lipinski definition) is 1. The van der Waals surface area contributed by atoms with Crippen molar-refractivity contribution in [2.24, 2.45) is 5.92 Å². The predicted molar refractivity (Wildman–Crippen MR) is 119 cm³/mol. The van der Waals surface area contributed by atoms with Gasteiger partial charge < -0.3 is 19.7 Å². The number of aromatic nitrogens is 2. The van der Waals surface area contributed by atoms with Crippen molar-refractivity contribution in [1.29, 1.82) is 0 Å². The standard InChI is InChI=1S/C22H27N5O2S/c1-15(2)19(21(29)26-12-10-25(3)11-13-26)24-20(28)16-6-7-17-18(14-16)30-22(23-17)27-8-4-5-9-27/h4-9,14-15,19H,10-13H2,1-3H3,(H,24,28)/t19-/m1/s1. The van der Waals surface area contributed by atoms with E-state index >= 15 is 0 Å². The number of nitrogens with one attached hydrogen (secondary N) is 1. The normalized spacial score (nSPS) is 16.2. The van der Waals surface area contributed by atoms with Gasteiger partial charge in [-0.2, -0.15) is 0 Å². The molecule has 0 saturated carbocycles. The minimum atomic E-state index is -0.534. The average molecular weight is 426 g/mol. The summed E-state index contributed by atoms with van der Waals surface area (Å²) in [6, 6.07) is 8.86. The van der Waals surface area contributed by atoms with E-state index in [4.69, 9.17) is 0 Å². The molecule has 158 valence electrons. The van der Waals surface area contributed by atoms with Crippen LogP contribution in [0.3, 0.4) is 0 Å². The van der Waals surface area contributed by atoms with Gasteiger partial charge in [-0.25, -0.2) is 4.98 Å². The Morgan fingerprint density at radius 1 is 1.10 bits per heavy atom. The summed E-state index contributed by atoms with van der Waals surface area (Å²) in [7, 11) is 2.06. The Balaban J connectivity index is 1.50. The molecule has 4 rings (SSSR count). The molecular formula is C22H27N5O2S. The molecule has 1 aromatic carbocycles. The third-order valence-electron chi connectivity index (χ3n) is 5.50. The Labute approximate surface area is 180 Å². The van der Waals surface area contributed by atoms with Crippen LogP contribution in [0, 0.1) is 5.92 Å². The summed E-state index contributed by atoms with van der Waals surface area (Å²) >= 11 is 1.53. The molecule has 1 fully saturated rings. The Bertz CT molecular complexity index is 1040. The molecule has 1 atom stereocenters. The lowest BCUT2D eigenvalue weighted by molar-refractivity contribution is -0.135. The van der Waals surface area contributed by atoms with Crippen molar-refractivity contribution in [2.45, 2.75) is 19.9 Å². The first kappa shape index (κ1) is 20.6. The first-order valence-corrected chi connectivity index (χ1v) is 11.1. The Morgan fingerprint density at radius 2 is 1.80 bits per heavy atom. The van der Waals surface area contributed by atoms with E-state index in [1.165, 1.54) is 11.3 Å². The maximum absolute atomic E-state index is 13.0. The lowest BCUT2D eigenvalue weighted by atomic mass is 10.0. The smallest absolute Gasteiger partial charge is 0.251 e. The fraction of sp³-hybridized carbons (Fsp3) is 0.409. The summed E-state index contributed by atoms with van der Waals surface area (Å²) < 4.78 is 2.89. The third-order valence-corrected chi connectivity index (χ3v) is 6.53. The fourth-order valence-corrected chi connectivity index (χ4v) is 4.56. The van der Waals surface area contributed by atoms with Crippen LogP contribution in [0.2, 0.25) is 0 Å². The van der Waals surface area contributed by atoms with Gasteiger partial charge in [-0.15, -0.1) is 0 Å². The minimum absolute atomic E-state index is 0.000197. The molecule has 30 heavy (non-hydrogen) atoms. The maximum Gasteiger partial charge on any atom is 0.251 e. The van der Waals surface area contributed by atoms with Crippen molar-refractivity contribution in [3.8, 4) is 5.13 Å². The highest BCUT2D eigenvalue weighted by Gasteiger charge is 2.30. The number of likely N-dealkylation sites (N-methyl/N-ethyl adjacent to an activating group) is 1. The highest BCUT2D eigenvalue weighted by atomic mass is 32.1. The van der Waals surface area contributed by atoms with Gasteiger partial charge in [0.2, 0.25) is 5.91 Å². The number of carbonyl (C=O) groups excluding carboxylic acids is 2. The van der Waals surface area contributed by atoms with Crippen molar-refractivity contribution in [1.82, 2.24) is 24.7 Å². The largest absolute Gasteiger partial charge is 0.340 e. The molecule has 1 N–H and O–H groups in total. The zero-order chi connectivity index (χ0) is 21.3. The highest BCUT2D eigenvalue weighted by molar-refractivity contribution is 7.20. The van der Waals surface area contributed by atoms with Gasteiger partial charge in [-0.3, -0.25) is 9.59 Å². The lowest BCUT2D eigenvalue weighted by Crippen LogP contribution is -2.55. The van der Waals surface area contributed by atoms with Crippen LogP contribution in [0.15, 0.2) is 42.7 Å². The van der Waals surface area contributed by atoms with Crippen LogP contribution < -0.4 is 5.32 Å². The van der Waals surface area contributed by atoms with Gasteiger partial charge in [-0.05, 0) is 43.3 Å². The van der Waals surface area contributed by atoms with E-state index in [-0.39, 0.29) is 17.7 Å². The third kappa shape index (κ3) is 4.24. The first-order valence-electron chi connectivity index (χ1n) is 10.2. The molecule has 0 bridgehead atoms. The topological polar surface area (TPSA) is 70.5 Å². The molecule has 0 aliphatic carbocycles. The van der Waals surface area contributed by atoms with Crippen LogP contribution in [-0.2, 0) is 4.79 Å². The van der Waals surface area contributed by atoms with E-state index in [0.29, 0.717) is 18.7 Å². The summed E-state index contributed by atoms with van der Waals surface area (Å²) in [4.78, 5) is 34.7. The molecule has 1 aliphatic rings. The number of piperazine rings is 1. The number of thiazole rings is 1. The van der Waals surface area contributed by atoms with Crippen molar-refractivity contribution in [3.05, 3.63) is 48.3 Å². The number of rotatable bonds is 5. The number of fused-ring (bicyclic) bond motifs is 1. The first-order chi connectivity index (χ1) is 14.4. The molecule has 8 heteroatoms. The van der Waals surface area contributed by atoms with Crippen LogP contribution >= 0.6 is 11.3 Å². The van der Waals surface area contributed by atoms with Gasteiger partial charge in [0, 0.05) is 44.1 Å². The molecule has 1 saturated heterocycles. The van der Waals surface area contributed by atoms with Crippen LogP contribution in [-0.4, -0.2) is 70.4 Å².